The van der Waals surface area contributed by atoms with Gasteiger partial charge in [-0.15, -0.1) is 0 Å². The molecule has 1 saturated carbocycles. The second-order valence-electron chi connectivity index (χ2n) is 28.4. The van der Waals surface area contributed by atoms with Gasteiger partial charge in [-0.2, -0.15) is 0 Å². The Balaban J connectivity index is 1.07. The Morgan fingerprint density at radius 3 is 0.967 bits per heavy atom. The molecule has 1 aliphatic carbocycles. The smallest absolute Gasteiger partial charge is 0.311 e. The zero-order valence-electron chi connectivity index (χ0n) is 57.2. The number of hydrogen-bond donors (Lipinski definition) is 9. The maximum absolute atomic E-state index is 14.5. The van der Waals surface area contributed by atoms with Crippen molar-refractivity contribution in [3.05, 3.63) is 0 Å². The molecule has 0 radical (unpaired) electrons. The molecule has 90 heavy (non-hydrogen) atoms. The normalized spacial score (nSPS) is 42.0. The van der Waals surface area contributed by atoms with Gasteiger partial charge in [0.25, 0.3) is 11.8 Å². The van der Waals surface area contributed by atoms with Gasteiger partial charge < -0.3 is 76.7 Å². The number of carbonyl (C=O) groups is 9. The van der Waals surface area contributed by atoms with E-state index in [1.807, 2.05) is 76.2 Å². The van der Waals surface area contributed by atoms with Crippen molar-refractivity contribution in [2.45, 2.75) is 217 Å². The summed E-state index contributed by atoms with van der Waals surface area (Å²) in [7, 11) is 0. The lowest BCUT2D eigenvalue weighted by molar-refractivity contribution is -0.170. The molecule has 8 amide bonds. The third-order valence-corrected chi connectivity index (χ3v) is 23.2. The van der Waals surface area contributed by atoms with Crippen molar-refractivity contribution in [2.75, 3.05) is 45.9 Å². The molecule has 0 aromatic carbocycles. The predicted octanol–water partition coefficient (Wildman–Crippen LogP) is 2.62. The summed E-state index contributed by atoms with van der Waals surface area (Å²) in [6.07, 6.45) is -6.98. The summed E-state index contributed by atoms with van der Waals surface area (Å²) in [4.78, 5) is 122. The monoisotopic (exact) mass is 1270 g/mol. The highest BCUT2D eigenvalue weighted by Gasteiger charge is 2.51. The summed E-state index contributed by atoms with van der Waals surface area (Å²) in [5, 5.41) is 24.1. The van der Waals surface area contributed by atoms with Crippen molar-refractivity contribution in [3.63, 3.8) is 0 Å². The molecule has 24 nitrogen and oxygen atoms in total. The molecular formula is C66H113N9O15. The highest BCUT2D eigenvalue weighted by Crippen LogP contribution is 2.42. The largest absolute Gasteiger partial charge is 0.466 e. The molecule has 0 bridgehead atoms. The third-order valence-electron chi connectivity index (χ3n) is 23.2. The van der Waals surface area contributed by atoms with Gasteiger partial charge in [0.2, 0.25) is 35.4 Å². The van der Waals surface area contributed by atoms with Crippen LogP contribution < -0.4 is 48.3 Å². The minimum atomic E-state index is -1.16. The van der Waals surface area contributed by atoms with Gasteiger partial charge in [-0.05, 0) is 108 Å². The number of hydrogen-bond acceptors (Lipinski definition) is 16. The molecule has 6 fully saturated rings. The first-order chi connectivity index (χ1) is 42.3. The lowest BCUT2D eigenvalue weighted by atomic mass is 9.66. The first-order valence-corrected chi connectivity index (χ1v) is 33.6. The Labute approximate surface area is 534 Å². The summed E-state index contributed by atoms with van der Waals surface area (Å²) in [6.45, 7) is 37.1. The van der Waals surface area contributed by atoms with Gasteiger partial charge in [-0.1, -0.05) is 104 Å². The summed E-state index contributed by atoms with van der Waals surface area (Å²) in [5.74, 6) is -5.06. The molecule has 6 unspecified atom stereocenters. The van der Waals surface area contributed by atoms with E-state index in [1.165, 1.54) is 20.8 Å². The van der Waals surface area contributed by atoms with Crippen LogP contribution in [0.25, 0.3) is 0 Å². The molecular weight excluding hydrogens is 1160 g/mol. The fourth-order valence-electron chi connectivity index (χ4n) is 15.3. The fraction of sp³-hybridized carbons (Fsp3) is 0.864. The van der Waals surface area contributed by atoms with Crippen molar-refractivity contribution in [3.8, 4) is 0 Å². The van der Waals surface area contributed by atoms with Gasteiger partial charge in [0.15, 0.2) is 12.2 Å². The van der Waals surface area contributed by atoms with Crippen LogP contribution in [0.4, 0.5) is 0 Å². The van der Waals surface area contributed by atoms with Crippen molar-refractivity contribution in [1.82, 2.24) is 42.5 Å². The highest BCUT2D eigenvalue weighted by atomic mass is 16.5. The quantitative estimate of drug-likeness (QED) is 0.0746. The van der Waals surface area contributed by atoms with Crippen molar-refractivity contribution in [2.24, 2.45) is 106 Å². The number of carbonyl (C=O) groups excluding carboxylic acids is 9. The topological polar surface area (TPSA) is 331 Å². The van der Waals surface area contributed by atoms with E-state index >= 15 is 0 Å². The Kier molecular flexibility index (Phi) is 26.5. The van der Waals surface area contributed by atoms with Crippen LogP contribution in [0, 0.1) is 101 Å². The summed E-state index contributed by atoms with van der Waals surface area (Å²) >= 11 is 0. The van der Waals surface area contributed by atoms with Crippen LogP contribution in [0.15, 0.2) is 0 Å². The molecule has 24 heteroatoms. The van der Waals surface area contributed by atoms with E-state index in [0.717, 1.165) is 0 Å². The van der Waals surface area contributed by atoms with Crippen LogP contribution in [-0.4, -0.2) is 178 Å². The molecule has 0 aromatic rings. The Morgan fingerprint density at radius 2 is 0.633 bits per heavy atom. The molecule has 0 aromatic heterocycles. The second kappa shape index (κ2) is 32.2. The van der Waals surface area contributed by atoms with Gasteiger partial charge in [0.1, 0.15) is 18.3 Å². The first-order valence-electron chi connectivity index (χ1n) is 33.6. The van der Waals surface area contributed by atoms with E-state index in [0.29, 0.717) is 13.0 Å². The van der Waals surface area contributed by atoms with Gasteiger partial charge in [0, 0.05) is 66.1 Å². The fourth-order valence-corrected chi connectivity index (χ4v) is 15.3. The Morgan fingerprint density at radius 1 is 0.356 bits per heavy atom. The van der Waals surface area contributed by atoms with E-state index in [1.54, 1.807) is 6.92 Å². The van der Waals surface area contributed by atoms with E-state index in [4.69, 9.17) is 34.2 Å². The lowest BCUT2D eigenvalue weighted by Crippen LogP contribution is -2.64. The zero-order chi connectivity index (χ0) is 67.1. The first kappa shape index (κ1) is 74.0. The number of nitrogens with two attached hydrogens (primary N) is 1. The lowest BCUT2D eigenvalue weighted by Gasteiger charge is -2.46. The molecule has 5 heterocycles. The number of ether oxygens (including phenoxy) is 6. The Hall–Kier alpha value is -5.01. The van der Waals surface area contributed by atoms with E-state index in [-0.39, 0.29) is 182 Å². The van der Waals surface area contributed by atoms with E-state index in [9.17, 15) is 43.2 Å². The maximum Gasteiger partial charge on any atom is 0.311 e. The second-order valence-corrected chi connectivity index (χ2v) is 28.4. The molecule has 30 atom stereocenters. The summed E-state index contributed by atoms with van der Waals surface area (Å²) in [6, 6.07) is -1.80. The maximum atomic E-state index is 14.5. The molecule has 6 aliphatic rings. The predicted molar refractivity (Wildman–Crippen MR) is 336 cm³/mol. The van der Waals surface area contributed by atoms with Crippen LogP contribution in [0.2, 0.25) is 0 Å². The molecule has 0 spiro atoms. The molecule has 5 saturated heterocycles. The van der Waals surface area contributed by atoms with Crippen LogP contribution >= 0.6 is 0 Å². The molecule has 6 rings (SSSR count). The van der Waals surface area contributed by atoms with Gasteiger partial charge >= 0.3 is 5.97 Å². The molecule has 512 valence electrons. The summed E-state index contributed by atoms with van der Waals surface area (Å²) < 4.78 is 37.9. The van der Waals surface area contributed by atoms with Crippen LogP contribution in [0.5, 0.6) is 0 Å². The average molecular weight is 1270 g/mol. The summed E-state index contributed by atoms with van der Waals surface area (Å²) in [5.41, 5.74) is 6.02. The van der Waals surface area contributed by atoms with Gasteiger partial charge in [-0.25, -0.2) is 0 Å². The van der Waals surface area contributed by atoms with Crippen molar-refractivity contribution in [1.29, 1.82) is 0 Å². The van der Waals surface area contributed by atoms with Gasteiger partial charge in [0.05, 0.1) is 55.1 Å². The minimum absolute atomic E-state index is 0.0139. The van der Waals surface area contributed by atoms with Crippen LogP contribution in [0.1, 0.15) is 138 Å². The van der Waals surface area contributed by atoms with Crippen molar-refractivity contribution >= 4 is 53.2 Å². The molecule has 10 N–H and O–H groups in total. The zero-order valence-corrected chi connectivity index (χ0v) is 57.2. The number of rotatable bonds is 21. The van der Waals surface area contributed by atoms with E-state index in [2.05, 4.69) is 70.2 Å². The standard InChI is InChI=1S/C66H113N9O15/c1-20-85-66(84)47-21-46(31(5)37(11)53(47)73-43(17)76)23-68-61(79)57-41(15)29(3)33(7)49(87-57)24-71-64(82)60-55(75-45(19)78)39(13)36(10)52(90-60)27-70-63(81)58-42(16)30(4)34(8)50(88-58)25-72-65(83)59-54(74-44(18)77)38(12)35(9)51(89-59)26-69-62(80)56-40(14)28(2)32(6)48(22-67)86-56/h28-42,46-60H,20-27,67H2,1-19H3,(H,68,79)(H,69,80)(H,70,81)(H,71,82)(H,72,83)(H,73,76)(H,74,77)(H,75,78)/t28-,29-,30-,31-,32-,33-,34-,35-,36-,37-,38-,39-,40+,41+,42+,46+,47?,48+,49+,50+,51+,52+,53?,54?,55?,56?,57+,58+,59+,60?/m0/s1. The van der Waals surface area contributed by atoms with Crippen molar-refractivity contribution < 1.29 is 71.6 Å². The number of amides is 8. The third kappa shape index (κ3) is 17.0. The SMILES string of the molecule is CCOC(=O)C1C[C@H](CNC(=O)[C@@H]2O[C@H](CNC(=O)C3O[C@H](CNC(=O)[C@@H]4O[C@H](CNC(=O)[C@@H]5O[C@H](CNC(=O)C6O[C@H](CN)[C@@H](C)[C@H](C)[C@H]6C)[C@@H](C)[C@H](C)C5NC(C)=O)[C@@H](C)[C@H](C)[C@H]4C)[C@@H](C)[C@H](C)C3NC(C)=O)[C@@H](C)[C@H](C)[C@H]2C)[C@@H](C)[C@H](C)C1NC(C)=O. The van der Waals surface area contributed by atoms with Gasteiger partial charge in [-0.3, -0.25) is 43.2 Å². The average Bonchev–Trinajstić information content (AvgIpc) is 1.21. The van der Waals surface area contributed by atoms with Crippen LogP contribution in [0.3, 0.4) is 0 Å². The Bertz CT molecular complexity index is 2510. The highest BCUT2D eigenvalue weighted by molar-refractivity contribution is 5.85. The minimum Gasteiger partial charge on any atom is -0.466 e. The molecule has 5 aliphatic heterocycles. The number of esters is 1. The van der Waals surface area contributed by atoms with Crippen LogP contribution in [-0.2, 0) is 71.6 Å². The number of nitrogens with one attached hydrogen (secondary N) is 8. The van der Waals surface area contributed by atoms with E-state index < -0.39 is 90.8 Å².